The molecule has 0 spiro atoms. The van der Waals surface area contributed by atoms with Gasteiger partial charge in [0.15, 0.2) is 0 Å². The molecule has 46 heavy (non-hydrogen) atoms. The molecule has 1 aliphatic carbocycles. The number of carbonyl (C=O) groups is 2. The molecule has 1 atom stereocenters. The van der Waals surface area contributed by atoms with Gasteiger partial charge in [0.05, 0.1) is 10.6 Å². The lowest BCUT2D eigenvalue weighted by Crippen LogP contribution is -2.54. The third-order valence-electron chi connectivity index (χ3n) is 8.22. The van der Waals surface area contributed by atoms with Crippen molar-refractivity contribution in [3.8, 4) is 0 Å². The molecule has 0 bridgehead atoms. The normalized spacial score (nSPS) is 14.1. The quantitative estimate of drug-likeness (QED) is 0.184. The minimum atomic E-state index is -4.40. The van der Waals surface area contributed by atoms with Gasteiger partial charge in [0.25, 0.3) is 10.0 Å². The Morgan fingerprint density at radius 1 is 0.891 bits per heavy atom. The Balaban J connectivity index is 1.57. The zero-order chi connectivity index (χ0) is 32.7. The van der Waals surface area contributed by atoms with Gasteiger partial charge in [0.1, 0.15) is 18.4 Å². The number of nitrogens with one attached hydrogen (secondary N) is 1. The maximum Gasteiger partial charge on any atom is 0.264 e. The van der Waals surface area contributed by atoms with Gasteiger partial charge in [0.2, 0.25) is 11.8 Å². The number of halogens is 2. The first-order valence-corrected chi connectivity index (χ1v) is 17.2. The van der Waals surface area contributed by atoms with Crippen molar-refractivity contribution in [3.05, 3.63) is 131 Å². The zero-order valence-corrected chi connectivity index (χ0v) is 27.2. The van der Waals surface area contributed by atoms with Crippen molar-refractivity contribution in [1.82, 2.24) is 10.2 Å². The number of hydrogen-bond donors (Lipinski definition) is 1. The van der Waals surface area contributed by atoms with E-state index in [0.29, 0.717) is 10.6 Å². The number of aryl methyl sites for hydroxylation is 1. The molecular formula is C36H37ClFN3O4S. The predicted octanol–water partition coefficient (Wildman–Crippen LogP) is 6.68. The number of benzene rings is 4. The molecule has 0 aromatic heterocycles. The van der Waals surface area contributed by atoms with Gasteiger partial charge in [-0.15, -0.1) is 0 Å². The van der Waals surface area contributed by atoms with Crippen LogP contribution in [0.1, 0.15) is 42.4 Å². The van der Waals surface area contributed by atoms with Crippen LogP contribution in [0, 0.1) is 12.7 Å². The highest BCUT2D eigenvalue weighted by molar-refractivity contribution is 7.92. The Kier molecular flexibility index (Phi) is 10.8. The molecule has 0 aliphatic heterocycles. The van der Waals surface area contributed by atoms with Crippen LogP contribution < -0.4 is 9.62 Å². The number of anilines is 1. The zero-order valence-electron chi connectivity index (χ0n) is 25.6. The van der Waals surface area contributed by atoms with Gasteiger partial charge in [0, 0.05) is 24.0 Å². The maximum absolute atomic E-state index is 15.3. The standard InChI is InChI=1S/C36H37ClFN3O4S/c1-26-18-20-31(21-19-26)46(44,45)41(33-17-8-7-16-32(33)38)25-35(42)40(24-28-12-9-13-29(37)22-28)34(23-27-10-3-2-4-11-27)36(43)39-30-14-5-6-15-30/h2-4,7-13,16-22,30,34H,5-6,14-15,23-25H2,1H3,(H,39,43)/t34-/m1/s1. The molecule has 0 saturated heterocycles. The lowest BCUT2D eigenvalue weighted by molar-refractivity contribution is -0.140. The van der Waals surface area contributed by atoms with E-state index in [1.54, 1.807) is 36.4 Å². The van der Waals surface area contributed by atoms with Gasteiger partial charge >= 0.3 is 0 Å². The summed E-state index contributed by atoms with van der Waals surface area (Å²) in [5.41, 5.74) is 2.06. The summed E-state index contributed by atoms with van der Waals surface area (Å²) in [7, 11) is -4.40. The Morgan fingerprint density at radius 3 is 2.22 bits per heavy atom. The monoisotopic (exact) mass is 661 g/mol. The SMILES string of the molecule is Cc1ccc(S(=O)(=O)N(CC(=O)N(Cc2cccc(Cl)c2)[C@H](Cc2ccccc2)C(=O)NC2CCCC2)c2ccccc2F)cc1. The van der Waals surface area contributed by atoms with Crippen molar-refractivity contribution in [3.63, 3.8) is 0 Å². The third kappa shape index (κ3) is 8.13. The first-order chi connectivity index (χ1) is 22.1. The van der Waals surface area contributed by atoms with Crippen molar-refractivity contribution in [2.45, 2.75) is 62.6 Å². The van der Waals surface area contributed by atoms with E-state index in [0.717, 1.165) is 47.2 Å². The Labute approximate surface area is 275 Å². The third-order valence-corrected chi connectivity index (χ3v) is 10.2. The van der Waals surface area contributed by atoms with Gasteiger partial charge in [-0.1, -0.05) is 96.7 Å². The van der Waals surface area contributed by atoms with Gasteiger partial charge in [-0.3, -0.25) is 13.9 Å². The topological polar surface area (TPSA) is 86.8 Å². The summed E-state index contributed by atoms with van der Waals surface area (Å²) in [6.07, 6.45) is 3.90. The summed E-state index contributed by atoms with van der Waals surface area (Å²) >= 11 is 6.30. The molecule has 0 unspecified atom stereocenters. The largest absolute Gasteiger partial charge is 0.352 e. The molecule has 2 amide bonds. The summed E-state index contributed by atoms with van der Waals surface area (Å²) in [5, 5.41) is 3.59. The number of rotatable bonds is 12. The van der Waals surface area contributed by atoms with E-state index in [-0.39, 0.29) is 35.5 Å². The molecule has 7 nitrogen and oxygen atoms in total. The second-order valence-electron chi connectivity index (χ2n) is 11.6. The van der Waals surface area contributed by atoms with E-state index < -0.39 is 34.3 Å². The molecule has 240 valence electrons. The molecule has 1 fully saturated rings. The van der Waals surface area contributed by atoms with E-state index in [9.17, 15) is 18.0 Å². The van der Waals surface area contributed by atoms with E-state index in [1.165, 1.54) is 35.2 Å². The number of amides is 2. The van der Waals surface area contributed by atoms with Crippen molar-refractivity contribution in [1.29, 1.82) is 0 Å². The Bertz CT molecular complexity index is 1760. The smallest absolute Gasteiger partial charge is 0.264 e. The molecule has 1 N–H and O–H groups in total. The van der Waals surface area contributed by atoms with Crippen LogP contribution in [0.2, 0.25) is 5.02 Å². The van der Waals surface area contributed by atoms with Crippen LogP contribution in [0.5, 0.6) is 0 Å². The van der Waals surface area contributed by atoms with Crippen LogP contribution in [0.3, 0.4) is 0 Å². The number of carbonyl (C=O) groups excluding carboxylic acids is 2. The van der Waals surface area contributed by atoms with Gasteiger partial charge in [-0.2, -0.15) is 0 Å². The highest BCUT2D eigenvalue weighted by atomic mass is 35.5. The Hall–Kier alpha value is -4.21. The molecule has 10 heteroatoms. The fraction of sp³-hybridized carbons (Fsp3) is 0.278. The van der Waals surface area contributed by atoms with Crippen LogP contribution in [-0.2, 0) is 32.6 Å². The van der Waals surface area contributed by atoms with Gasteiger partial charge < -0.3 is 10.2 Å². The molecule has 4 aromatic carbocycles. The van der Waals surface area contributed by atoms with Crippen LogP contribution >= 0.6 is 11.6 Å². The van der Waals surface area contributed by atoms with Crippen molar-refractivity contribution >= 4 is 39.1 Å². The van der Waals surface area contributed by atoms with E-state index in [4.69, 9.17) is 11.6 Å². The van der Waals surface area contributed by atoms with Crippen molar-refractivity contribution < 1.29 is 22.4 Å². The van der Waals surface area contributed by atoms with Crippen LogP contribution in [0.4, 0.5) is 10.1 Å². The minimum Gasteiger partial charge on any atom is -0.352 e. The van der Waals surface area contributed by atoms with Crippen LogP contribution in [0.25, 0.3) is 0 Å². The van der Waals surface area contributed by atoms with Crippen molar-refractivity contribution in [2.24, 2.45) is 0 Å². The average molecular weight is 662 g/mol. The molecule has 5 rings (SSSR count). The molecule has 1 aliphatic rings. The second-order valence-corrected chi connectivity index (χ2v) is 13.9. The summed E-state index contributed by atoms with van der Waals surface area (Å²) in [4.78, 5) is 29.9. The minimum absolute atomic E-state index is 0.00859. The van der Waals surface area contributed by atoms with E-state index in [2.05, 4.69) is 5.32 Å². The maximum atomic E-state index is 15.3. The highest BCUT2D eigenvalue weighted by Crippen LogP contribution is 2.28. The molecule has 0 radical (unpaired) electrons. The van der Waals surface area contributed by atoms with Gasteiger partial charge in [-0.05, 0) is 67.3 Å². The van der Waals surface area contributed by atoms with Crippen molar-refractivity contribution in [2.75, 3.05) is 10.8 Å². The molecular weight excluding hydrogens is 625 g/mol. The summed E-state index contributed by atoms with van der Waals surface area (Å²) in [6.45, 7) is 1.07. The molecule has 4 aromatic rings. The number of sulfonamides is 1. The second kappa shape index (κ2) is 14.9. The number of hydrogen-bond acceptors (Lipinski definition) is 4. The van der Waals surface area contributed by atoms with E-state index in [1.807, 2.05) is 37.3 Å². The predicted molar refractivity (Wildman–Crippen MR) is 178 cm³/mol. The summed E-state index contributed by atoms with van der Waals surface area (Å²) < 4.78 is 44.2. The fourth-order valence-corrected chi connectivity index (χ4v) is 7.39. The van der Waals surface area contributed by atoms with Crippen LogP contribution in [0.15, 0.2) is 108 Å². The van der Waals surface area contributed by atoms with Crippen LogP contribution in [-0.4, -0.2) is 43.8 Å². The fourth-order valence-electron chi connectivity index (χ4n) is 5.76. The first kappa shape index (κ1) is 33.2. The Morgan fingerprint density at radius 2 is 1.54 bits per heavy atom. The average Bonchev–Trinajstić information content (AvgIpc) is 3.55. The highest BCUT2D eigenvalue weighted by Gasteiger charge is 2.36. The number of nitrogens with zero attached hydrogens (tertiary/aromatic N) is 2. The van der Waals surface area contributed by atoms with Gasteiger partial charge in [-0.25, -0.2) is 12.8 Å². The lowest BCUT2D eigenvalue weighted by atomic mass is 10.0. The summed E-state index contributed by atoms with van der Waals surface area (Å²) in [6, 6.07) is 26.9. The molecule has 1 saturated carbocycles. The lowest BCUT2D eigenvalue weighted by Gasteiger charge is -2.34. The van der Waals surface area contributed by atoms with E-state index >= 15 is 4.39 Å². The molecule has 0 heterocycles. The number of para-hydroxylation sites is 1. The first-order valence-electron chi connectivity index (χ1n) is 15.3. The summed E-state index contributed by atoms with van der Waals surface area (Å²) in [5.74, 6) is -1.79.